The molecular formula is C12H7FN2O. The van der Waals surface area contributed by atoms with Gasteiger partial charge >= 0.3 is 0 Å². The summed E-state index contributed by atoms with van der Waals surface area (Å²) in [6.07, 6.45) is 1.58. The van der Waals surface area contributed by atoms with Crippen LogP contribution < -0.4 is 4.74 Å². The second-order valence-corrected chi connectivity index (χ2v) is 3.02. The summed E-state index contributed by atoms with van der Waals surface area (Å²) in [6, 6.07) is 11.0. The number of nitrogens with zero attached hydrogens (tertiary/aromatic N) is 2. The minimum atomic E-state index is -0.601. The third-order valence-corrected chi connectivity index (χ3v) is 1.92. The first-order valence-electron chi connectivity index (χ1n) is 4.58. The SMILES string of the molecule is N#Cc1ccc(Oc2ccccn2)cc1F. The van der Waals surface area contributed by atoms with Crippen molar-refractivity contribution in [2.75, 3.05) is 0 Å². The van der Waals surface area contributed by atoms with Crippen LogP contribution in [0.1, 0.15) is 5.56 Å². The Labute approximate surface area is 91.7 Å². The summed E-state index contributed by atoms with van der Waals surface area (Å²) in [5.41, 5.74) is -0.00614. The molecule has 0 fully saturated rings. The van der Waals surface area contributed by atoms with Crippen LogP contribution in [0.5, 0.6) is 11.6 Å². The molecule has 0 aliphatic heterocycles. The number of nitriles is 1. The maximum absolute atomic E-state index is 13.2. The first-order valence-corrected chi connectivity index (χ1v) is 4.58. The van der Waals surface area contributed by atoms with Gasteiger partial charge in [0.2, 0.25) is 5.88 Å². The van der Waals surface area contributed by atoms with Crippen molar-refractivity contribution in [2.45, 2.75) is 0 Å². The fraction of sp³-hybridized carbons (Fsp3) is 0. The van der Waals surface area contributed by atoms with Crippen molar-refractivity contribution in [1.29, 1.82) is 5.26 Å². The molecule has 0 atom stereocenters. The van der Waals surface area contributed by atoms with E-state index in [1.165, 1.54) is 12.1 Å². The van der Waals surface area contributed by atoms with Crippen molar-refractivity contribution in [3.05, 3.63) is 54.0 Å². The predicted molar refractivity (Wildman–Crippen MR) is 55.4 cm³/mol. The molecule has 4 heteroatoms. The van der Waals surface area contributed by atoms with Gasteiger partial charge in [-0.05, 0) is 18.2 Å². The topological polar surface area (TPSA) is 45.9 Å². The molecule has 1 aromatic heterocycles. The number of aromatic nitrogens is 1. The lowest BCUT2D eigenvalue weighted by atomic mass is 10.2. The summed E-state index contributed by atoms with van der Waals surface area (Å²) in [5, 5.41) is 8.56. The molecular weight excluding hydrogens is 207 g/mol. The van der Waals surface area contributed by atoms with Crippen LogP contribution in [0.4, 0.5) is 4.39 Å². The van der Waals surface area contributed by atoms with E-state index >= 15 is 0 Å². The first kappa shape index (κ1) is 10.1. The molecule has 2 aromatic rings. The van der Waals surface area contributed by atoms with Crippen LogP contribution in [-0.4, -0.2) is 4.98 Å². The highest BCUT2D eigenvalue weighted by molar-refractivity contribution is 5.37. The van der Waals surface area contributed by atoms with Gasteiger partial charge < -0.3 is 4.74 Å². The molecule has 0 N–H and O–H groups in total. The normalized spacial score (nSPS) is 9.50. The second kappa shape index (κ2) is 4.41. The fourth-order valence-corrected chi connectivity index (χ4v) is 1.18. The molecule has 0 radical (unpaired) electrons. The Morgan fingerprint density at radius 1 is 1.25 bits per heavy atom. The maximum Gasteiger partial charge on any atom is 0.219 e. The van der Waals surface area contributed by atoms with E-state index < -0.39 is 5.82 Å². The Bertz CT molecular complexity index is 534. The smallest absolute Gasteiger partial charge is 0.219 e. The molecule has 0 bridgehead atoms. The van der Waals surface area contributed by atoms with E-state index in [1.54, 1.807) is 30.5 Å². The van der Waals surface area contributed by atoms with E-state index in [0.29, 0.717) is 11.6 Å². The Balaban J connectivity index is 2.24. The summed E-state index contributed by atoms with van der Waals surface area (Å²) in [7, 11) is 0. The number of pyridine rings is 1. The molecule has 78 valence electrons. The third-order valence-electron chi connectivity index (χ3n) is 1.92. The highest BCUT2D eigenvalue weighted by Gasteiger charge is 2.04. The lowest BCUT2D eigenvalue weighted by molar-refractivity contribution is 0.458. The van der Waals surface area contributed by atoms with Crippen LogP contribution in [0.3, 0.4) is 0 Å². The number of hydrogen-bond donors (Lipinski definition) is 0. The monoisotopic (exact) mass is 214 g/mol. The zero-order valence-corrected chi connectivity index (χ0v) is 8.22. The van der Waals surface area contributed by atoms with E-state index in [-0.39, 0.29) is 5.56 Å². The van der Waals surface area contributed by atoms with Gasteiger partial charge in [0.05, 0.1) is 5.56 Å². The Morgan fingerprint density at radius 3 is 2.75 bits per heavy atom. The molecule has 3 nitrogen and oxygen atoms in total. The molecule has 0 spiro atoms. The van der Waals surface area contributed by atoms with E-state index in [2.05, 4.69) is 4.98 Å². The zero-order valence-electron chi connectivity index (χ0n) is 8.22. The Kier molecular flexibility index (Phi) is 2.79. The number of benzene rings is 1. The number of ether oxygens (including phenoxy) is 1. The van der Waals surface area contributed by atoms with E-state index in [4.69, 9.17) is 10.00 Å². The van der Waals surface area contributed by atoms with Crippen LogP contribution in [0.15, 0.2) is 42.6 Å². The second-order valence-electron chi connectivity index (χ2n) is 3.02. The van der Waals surface area contributed by atoms with Gasteiger partial charge in [-0.3, -0.25) is 0 Å². The minimum Gasteiger partial charge on any atom is -0.439 e. The average Bonchev–Trinajstić information content (AvgIpc) is 2.31. The molecule has 0 saturated carbocycles. The molecule has 0 amide bonds. The Morgan fingerprint density at radius 2 is 2.12 bits per heavy atom. The van der Waals surface area contributed by atoms with Crippen LogP contribution in [0, 0.1) is 17.1 Å². The molecule has 0 aliphatic rings. The van der Waals surface area contributed by atoms with Gasteiger partial charge in [-0.1, -0.05) is 6.07 Å². The van der Waals surface area contributed by atoms with Gasteiger partial charge in [0.25, 0.3) is 0 Å². The lowest BCUT2D eigenvalue weighted by Gasteiger charge is -2.04. The van der Waals surface area contributed by atoms with Gasteiger partial charge in [0, 0.05) is 18.3 Å². The number of hydrogen-bond acceptors (Lipinski definition) is 3. The lowest BCUT2D eigenvalue weighted by Crippen LogP contribution is -1.89. The molecule has 0 saturated heterocycles. The molecule has 1 heterocycles. The van der Waals surface area contributed by atoms with Crippen molar-refractivity contribution in [1.82, 2.24) is 4.98 Å². The van der Waals surface area contributed by atoms with E-state index in [9.17, 15) is 4.39 Å². The van der Waals surface area contributed by atoms with E-state index in [1.807, 2.05) is 0 Å². The molecule has 1 aromatic carbocycles. The summed E-state index contributed by atoms with van der Waals surface area (Å²) in [5.74, 6) is 0.0951. The van der Waals surface area contributed by atoms with Crippen LogP contribution >= 0.6 is 0 Å². The molecule has 16 heavy (non-hydrogen) atoms. The summed E-state index contributed by atoms with van der Waals surface area (Å²) in [6.45, 7) is 0. The fourth-order valence-electron chi connectivity index (χ4n) is 1.18. The minimum absolute atomic E-state index is 0.00614. The maximum atomic E-state index is 13.2. The van der Waals surface area contributed by atoms with Gasteiger partial charge in [0.15, 0.2) is 0 Å². The number of rotatable bonds is 2. The van der Waals surface area contributed by atoms with Crippen molar-refractivity contribution in [3.8, 4) is 17.7 Å². The van der Waals surface area contributed by atoms with Crippen LogP contribution in [0.2, 0.25) is 0 Å². The molecule has 0 unspecified atom stereocenters. The zero-order chi connectivity index (χ0) is 11.4. The van der Waals surface area contributed by atoms with Gasteiger partial charge in [0.1, 0.15) is 17.6 Å². The van der Waals surface area contributed by atoms with Crippen molar-refractivity contribution < 1.29 is 9.13 Å². The summed E-state index contributed by atoms with van der Waals surface area (Å²) in [4.78, 5) is 3.94. The average molecular weight is 214 g/mol. The van der Waals surface area contributed by atoms with Crippen molar-refractivity contribution >= 4 is 0 Å². The highest BCUT2D eigenvalue weighted by Crippen LogP contribution is 2.21. The van der Waals surface area contributed by atoms with Crippen molar-refractivity contribution in [3.63, 3.8) is 0 Å². The first-order chi connectivity index (χ1) is 7.79. The standard InChI is InChI=1S/C12H7FN2O/c13-11-7-10(5-4-9(11)8-14)16-12-3-1-2-6-15-12/h1-7H. The largest absolute Gasteiger partial charge is 0.439 e. The third kappa shape index (κ3) is 2.15. The molecule has 2 rings (SSSR count). The van der Waals surface area contributed by atoms with Crippen LogP contribution in [0.25, 0.3) is 0 Å². The van der Waals surface area contributed by atoms with Gasteiger partial charge in [-0.15, -0.1) is 0 Å². The highest BCUT2D eigenvalue weighted by atomic mass is 19.1. The predicted octanol–water partition coefficient (Wildman–Crippen LogP) is 2.88. The van der Waals surface area contributed by atoms with Gasteiger partial charge in [-0.25, -0.2) is 9.37 Å². The van der Waals surface area contributed by atoms with Crippen LogP contribution in [-0.2, 0) is 0 Å². The number of halogens is 1. The summed E-state index contributed by atoms with van der Waals surface area (Å²) < 4.78 is 18.5. The van der Waals surface area contributed by atoms with E-state index in [0.717, 1.165) is 6.07 Å². The molecule has 0 aliphatic carbocycles. The quantitative estimate of drug-likeness (QED) is 0.772. The van der Waals surface area contributed by atoms with Crippen molar-refractivity contribution in [2.24, 2.45) is 0 Å². The Hall–Kier alpha value is -2.41. The van der Waals surface area contributed by atoms with Gasteiger partial charge in [-0.2, -0.15) is 5.26 Å². The summed E-state index contributed by atoms with van der Waals surface area (Å²) >= 11 is 0.